The van der Waals surface area contributed by atoms with Gasteiger partial charge in [-0.05, 0) is 24.6 Å². The SMILES string of the molecule is CC(CNc1ncnc2cccc(F)c12)(NCc1ccccc1)C(F)(F)F. The predicted molar refractivity (Wildman–Crippen MR) is 95.7 cm³/mol. The molecular formula is C19H18F4N4. The smallest absolute Gasteiger partial charge is 0.367 e. The highest BCUT2D eigenvalue weighted by Crippen LogP contribution is 2.31. The minimum atomic E-state index is -4.53. The fraction of sp³-hybridized carbons (Fsp3) is 0.263. The summed E-state index contributed by atoms with van der Waals surface area (Å²) in [5.74, 6) is -0.573. The van der Waals surface area contributed by atoms with Crippen molar-refractivity contribution in [3.05, 3.63) is 66.2 Å². The number of rotatable bonds is 6. The number of nitrogens with zero attached hydrogens (tertiary/aromatic N) is 2. The number of hydrogen-bond acceptors (Lipinski definition) is 4. The van der Waals surface area contributed by atoms with E-state index < -0.39 is 24.1 Å². The molecule has 0 aliphatic rings. The maximum Gasteiger partial charge on any atom is 0.408 e. The predicted octanol–water partition coefficient (Wildman–Crippen LogP) is 4.29. The van der Waals surface area contributed by atoms with E-state index in [0.717, 1.165) is 12.5 Å². The average Bonchev–Trinajstić information content (AvgIpc) is 2.65. The zero-order valence-corrected chi connectivity index (χ0v) is 14.5. The largest absolute Gasteiger partial charge is 0.408 e. The fourth-order valence-electron chi connectivity index (χ4n) is 2.62. The number of nitrogens with one attached hydrogen (secondary N) is 2. The highest BCUT2D eigenvalue weighted by atomic mass is 19.4. The van der Waals surface area contributed by atoms with Gasteiger partial charge < -0.3 is 5.32 Å². The van der Waals surface area contributed by atoms with Gasteiger partial charge in [0.15, 0.2) is 0 Å². The molecular weight excluding hydrogens is 360 g/mol. The van der Waals surface area contributed by atoms with Crippen LogP contribution >= 0.6 is 0 Å². The van der Waals surface area contributed by atoms with Crippen LogP contribution in [0, 0.1) is 5.82 Å². The second-order valence-electron chi connectivity index (χ2n) is 6.38. The van der Waals surface area contributed by atoms with Crippen LogP contribution in [0.5, 0.6) is 0 Å². The van der Waals surface area contributed by atoms with E-state index in [1.54, 1.807) is 36.4 Å². The Labute approximate surface area is 153 Å². The highest BCUT2D eigenvalue weighted by molar-refractivity contribution is 5.89. The van der Waals surface area contributed by atoms with Crippen molar-refractivity contribution in [1.29, 1.82) is 0 Å². The number of benzene rings is 2. The lowest BCUT2D eigenvalue weighted by molar-refractivity contribution is -0.187. The number of halogens is 4. The summed E-state index contributed by atoms with van der Waals surface area (Å²) in [7, 11) is 0. The molecule has 0 spiro atoms. The van der Waals surface area contributed by atoms with Gasteiger partial charge in [0.05, 0.1) is 10.9 Å². The van der Waals surface area contributed by atoms with Crippen LogP contribution in [0.3, 0.4) is 0 Å². The molecule has 8 heteroatoms. The van der Waals surface area contributed by atoms with Gasteiger partial charge in [-0.15, -0.1) is 0 Å². The fourth-order valence-corrected chi connectivity index (χ4v) is 2.62. The Morgan fingerprint density at radius 2 is 1.70 bits per heavy atom. The van der Waals surface area contributed by atoms with Gasteiger partial charge in [-0.25, -0.2) is 14.4 Å². The Hall–Kier alpha value is -2.74. The molecule has 142 valence electrons. The zero-order chi connectivity index (χ0) is 19.5. The summed E-state index contributed by atoms with van der Waals surface area (Å²) >= 11 is 0. The molecule has 1 atom stereocenters. The summed E-state index contributed by atoms with van der Waals surface area (Å²) in [5.41, 5.74) is -1.20. The Morgan fingerprint density at radius 1 is 0.963 bits per heavy atom. The molecule has 0 saturated heterocycles. The van der Waals surface area contributed by atoms with Crippen molar-refractivity contribution in [2.75, 3.05) is 11.9 Å². The Morgan fingerprint density at radius 3 is 2.41 bits per heavy atom. The maximum atomic E-state index is 14.1. The molecule has 0 saturated carbocycles. The average molecular weight is 378 g/mol. The molecule has 1 heterocycles. The van der Waals surface area contributed by atoms with Gasteiger partial charge in [0.25, 0.3) is 0 Å². The first kappa shape index (κ1) is 19.0. The topological polar surface area (TPSA) is 49.8 Å². The van der Waals surface area contributed by atoms with E-state index in [0.29, 0.717) is 5.52 Å². The zero-order valence-electron chi connectivity index (χ0n) is 14.5. The van der Waals surface area contributed by atoms with Gasteiger partial charge in [-0.3, -0.25) is 5.32 Å². The van der Waals surface area contributed by atoms with Crippen LogP contribution in [0.15, 0.2) is 54.9 Å². The van der Waals surface area contributed by atoms with Crippen molar-refractivity contribution in [3.8, 4) is 0 Å². The maximum absolute atomic E-state index is 14.1. The Kier molecular flexibility index (Phi) is 5.27. The molecule has 0 aliphatic heterocycles. The number of hydrogen-bond donors (Lipinski definition) is 2. The molecule has 1 aromatic heterocycles. The van der Waals surface area contributed by atoms with E-state index in [-0.39, 0.29) is 17.7 Å². The molecule has 0 bridgehead atoms. The first-order chi connectivity index (χ1) is 12.8. The molecule has 0 aliphatic carbocycles. The summed E-state index contributed by atoms with van der Waals surface area (Å²) in [4.78, 5) is 7.86. The number of alkyl halides is 3. The molecule has 2 aromatic carbocycles. The van der Waals surface area contributed by atoms with Gasteiger partial charge in [-0.1, -0.05) is 36.4 Å². The molecule has 0 radical (unpaired) electrons. The summed E-state index contributed by atoms with van der Waals surface area (Å²) < 4.78 is 55.2. The second-order valence-corrected chi connectivity index (χ2v) is 6.38. The van der Waals surface area contributed by atoms with Crippen LogP contribution in [-0.2, 0) is 6.54 Å². The van der Waals surface area contributed by atoms with Crippen molar-refractivity contribution in [3.63, 3.8) is 0 Å². The van der Waals surface area contributed by atoms with Crippen LogP contribution in [-0.4, -0.2) is 28.2 Å². The standard InChI is InChI=1S/C19H18F4N4/c1-18(19(21,22)23,27-10-13-6-3-2-4-7-13)11-24-17-16-14(20)8-5-9-15(16)25-12-26-17/h2-9,12,27H,10-11H2,1H3,(H,24,25,26). The van der Waals surface area contributed by atoms with Crippen LogP contribution in [0.25, 0.3) is 10.9 Å². The molecule has 0 amide bonds. The third kappa shape index (κ3) is 4.16. The Bertz CT molecular complexity index is 909. The lowest BCUT2D eigenvalue weighted by atomic mass is 10.0. The van der Waals surface area contributed by atoms with Crippen molar-refractivity contribution in [2.24, 2.45) is 0 Å². The molecule has 2 N–H and O–H groups in total. The van der Waals surface area contributed by atoms with Gasteiger partial charge in [-0.2, -0.15) is 13.2 Å². The van der Waals surface area contributed by atoms with Gasteiger partial charge in [0, 0.05) is 13.1 Å². The molecule has 3 rings (SSSR count). The van der Waals surface area contributed by atoms with Crippen LogP contribution in [0.2, 0.25) is 0 Å². The first-order valence-electron chi connectivity index (χ1n) is 8.29. The van der Waals surface area contributed by atoms with Crippen molar-refractivity contribution in [1.82, 2.24) is 15.3 Å². The minimum absolute atomic E-state index is 0.0232. The highest BCUT2D eigenvalue weighted by Gasteiger charge is 2.50. The summed E-state index contributed by atoms with van der Waals surface area (Å²) in [6, 6.07) is 13.1. The lowest BCUT2D eigenvalue weighted by Gasteiger charge is -2.33. The van der Waals surface area contributed by atoms with E-state index in [9.17, 15) is 17.6 Å². The molecule has 3 aromatic rings. The second kappa shape index (κ2) is 7.48. The van der Waals surface area contributed by atoms with E-state index in [2.05, 4.69) is 20.6 Å². The van der Waals surface area contributed by atoms with Crippen LogP contribution < -0.4 is 10.6 Å². The van der Waals surface area contributed by atoms with Crippen molar-refractivity contribution < 1.29 is 17.6 Å². The minimum Gasteiger partial charge on any atom is -0.367 e. The van der Waals surface area contributed by atoms with E-state index in [1.165, 1.54) is 18.5 Å². The van der Waals surface area contributed by atoms with E-state index in [4.69, 9.17) is 0 Å². The van der Waals surface area contributed by atoms with Gasteiger partial charge >= 0.3 is 6.18 Å². The van der Waals surface area contributed by atoms with Crippen molar-refractivity contribution in [2.45, 2.75) is 25.2 Å². The molecule has 1 unspecified atom stereocenters. The number of aromatic nitrogens is 2. The lowest BCUT2D eigenvalue weighted by Crippen LogP contribution is -2.58. The summed E-state index contributed by atoms with van der Waals surface area (Å²) in [6.07, 6.45) is -3.34. The van der Waals surface area contributed by atoms with E-state index >= 15 is 0 Å². The van der Waals surface area contributed by atoms with E-state index in [1.807, 2.05) is 0 Å². The third-order valence-corrected chi connectivity index (χ3v) is 4.37. The first-order valence-corrected chi connectivity index (χ1v) is 8.29. The third-order valence-electron chi connectivity index (χ3n) is 4.37. The van der Waals surface area contributed by atoms with Gasteiger partial charge in [0.2, 0.25) is 0 Å². The quantitative estimate of drug-likeness (QED) is 0.629. The van der Waals surface area contributed by atoms with Crippen molar-refractivity contribution >= 4 is 16.7 Å². The molecule has 4 nitrogen and oxygen atoms in total. The number of anilines is 1. The Balaban J connectivity index is 1.82. The summed E-state index contributed by atoms with van der Waals surface area (Å²) in [6.45, 7) is 0.573. The van der Waals surface area contributed by atoms with Gasteiger partial charge in [0.1, 0.15) is 23.5 Å². The van der Waals surface area contributed by atoms with Crippen LogP contribution in [0.4, 0.5) is 23.4 Å². The van der Waals surface area contributed by atoms with Crippen LogP contribution in [0.1, 0.15) is 12.5 Å². The monoisotopic (exact) mass is 378 g/mol. The molecule has 27 heavy (non-hydrogen) atoms. The normalized spacial score (nSPS) is 14.1. The molecule has 0 fully saturated rings. The summed E-state index contributed by atoms with van der Waals surface area (Å²) in [5, 5.41) is 5.26. The number of fused-ring (bicyclic) bond motifs is 1.